The Morgan fingerprint density at radius 3 is 2.73 bits per heavy atom. The monoisotopic (exact) mass is 336 g/mol. The topological polar surface area (TPSA) is 53.4 Å². The number of rotatable bonds is 1. The molecule has 1 N–H and O–H groups in total. The van der Waals surface area contributed by atoms with Gasteiger partial charge in [-0.1, -0.05) is 11.6 Å². The number of hydrogen-bond donors (Lipinski definition) is 1. The summed E-state index contributed by atoms with van der Waals surface area (Å²) in [4.78, 5) is 17.0. The Labute approximate surface area is 105 Å². The van der Waals surface area contributed by atoms with Crippen LogP contribution in [-0.2, 0) is 4.79 Å². The van der Waals surface area contributed by atoms with Crippen molar-refractivity contribution in [3.05, 3.63) is 32.8 Å². The van der Waals surface area contributed by atoms with Crippen LogP contribution in [0.15, 0.2) is 27.7 Å². The van der Waals surface area contributed by atoms with Gasteiger partial charge in [-0.15, -0.1) is 0 Å². The number of carbonyl (C=O) groups is 1. The number of pyridine rings is 1. The van der Waals surface area contributed by atoms with E-state index in [1.54, 1.807) is 12.1 Å². The van der Waals surface area contributed by atoms with E-state index in [2.05, 4.69) is 4.98 Å². The van der Waals surface area contributed by atoms with Crippen LogP contribution in [0.3, 0.4) is 0 Å². The second-order valence-electron chi connectivity index (χ2n) is 2.99. The first kappa shape index (κ1) is 10.7. The van der Waals surface area contributed by atoms with Crippen molar-refractivity contribution >= 4 is 45.8 Å². The van der Waals surface area contributed by atoms with Crippen molar-refractivity contribution < 1.29 is 9.90 Å². The van der Waals surface area contributed by atoms with Crippen molar-refractivity contribution in [2.75, 3.05) is 11.4 Å². The fourth-order valence-corrected chi connectivity index (χ4v) is 1.84. The van der Waals surface area contributed by atoms with Gasteiger partial charge >= 0.3 is 0 Å². The Bertz CT molecular complexity index is 444. The van der Waals surface area contributed by atoms with E-state index in [4.69, 9.17) is 11.6 Å². The standard InChI is InChI=1S/C9H6ClIN2O2/c10-7-2-1-5(3-12-7)13-4-6(14)8(11)9(13)15/h1-3,14H,4H2. The lowest BCUT2D eigenvalue weighted by Crippen LogP contribution is -2.26. The number of aliphatic hydroxyl groups excluding tert-OH is 1. The molecule has 15 heavy (non-hydrogen) atoms. The van der Waals surface area contributed by atoms with Crippen LogP contribution in [0.1, 0.15) is 0 Å². The van der Waals surface area contributed by atoms with Crippen LogP contribution in [0.25, 0.3) is 0 Å². The van der Waals surface area contributed by atoms with Gasteiger partial charge in [-0.25, -0.2) is 4.98 Å². The Morgan fingerprint density at radius 1 is 1.53 bits per heavy atom. The molecule has 0 fully saturated rings. The summed E-state index contributed by atoms with van der Waals surface area (Å²) < 4.78 is 0.350. The molecule has 1 aromatic rings. The summed E-state index contributed by atoms with van der Waals surface area (Å²) in [6.07, 6.45) is 1.50. The van der Waals surface area contributed by atoms with Crippen molar-refractivity contribution in [1.29, 1.82) is 0 Å². The number of hydrogen-bond acceptors (Lipinski definition) is 3. The van der Waals surface area contributed by atoms with Crippen LogP contribution in [-0.4, -0.2) is 22.5 Å². The van der Waals surface area contributed by atoms with Gasteiger partial charge in [-0.2, -0.15) is 0 Å². The highest BCUT2D eigenvalue weighted by Gasteiger charge is 2.29. The summed E-state index contributed by atoms with van der Waals surface area (Å²) in [7, 11) is 0. The van der Waals surface area contributed by atoms with E-state index in [0.29, 0.717) is 14.4 Å². The minimum Gasteiger partial charge on any atom is -0.509 e. The quantitative estimate of drug-likeness (QED) is 0.632. The lowest BCUT2D eigenvalue weighted by molar-refractivity contribution is -0.113. The zero-order chi connectivity index (χ0) is 11.0. The third kappa shape index (κ3) is 1.93. The molecule has 4 nitrogen and oxygen atoms in total. The maximum absolute atomic E-state index is 11.6. The first-order valence-corrected chi connectivity index (χ1v) is 5.56. The highest BCUT2D eigenvalue weighted by molar-refractivity contribution is 14.1. The molecule has 2 heterocycles. The molecule has 2 rings (SSSR count). The molecule has 0 atom stereocenters. The Morgan fingerprint density at radius 2 is 2.27 bits per heavy atom. The maximum atomic E-state index is 11.6. The Hall–Kier alpha value is -0.820. The van der Waals surface area contributed by atoms with Gasteiger partial charge in [-0.3, -0.25) is 9.69 Å². The van der Waals surface area contributed by atoms with Crippen molar-refractivity contribution in [2.45, 2.75) is 0 Å². The van der Waals surface area contributed by atoms with Gasteiger partial charge in [0.25, 0.3) is 5.91 Å². The number of aromatic nitrogens is 1. The molecule has 0 unspecified atom stereocenters. The van der Waals surface area contributed by atoms with Crippen LogP contribution in [0.2, 0.25) is 5.15 Å². The summed E-state index contributed by atoms with van der Waals surface area (Å²) in [5.74, 6) is -0.118. The molecule has 0 saturated heterocycles. The summed E-state index contributed by atoms with van der Waals surface area (Å²) in [5, 5.41) is 9.79. The lowest BCUT2D eigenvalue weighted by Gasteiger charge is -2.14. The van der Waals surface area contributed by atoms with Gasteiger partial charge < -0.3 is 5.11 Å². The molecule has 0 saturated carbocycles. The van der Waals surface area contributed by atoms with Gasteiger partial charge in [-0.05, 0) is 34.7 Å². The zero-order valence-electron chi connectivity index (χ0n) is 7.44. The van der Waals surface area contributed by atoms with E-state index in [0.717, 1.165) is 0 Å². The Balaban J connectivity index is 2.29. The minimum atomic E-state index is -0.211. The molecule has 0 aliphatic carbocycles. The molecule has 0 spiro atoms. The highest BCUT2D eigenvalue weighted by Crippen LogP contribution is 2.27. The molecule has 6 heteroatoms. The molecule has 78 valence electrons. The predicted octanol–water partition coefficient (Wildman–Crippen LogP) is 2.29. The molecule has 0 aromatic carbocycles. The first-order chi connectivity index (χ1) is 7.09. The normalized spacial score (nSPS) is 16.4. The van der Waals surface area contributed by atoms with E-state index in [1.165, 1.54) is 11.1 Å². The number of amides is 1. The van der Waals surface area contributed by atoms with Crippen LogP contribution in [0.5, 0.6) is 0 Å². The highest BCUT2D eigenvalue weighted by atomic mass is 127. The summed E-state index contributed by atoms with van der Waals surface area (Å²) in [6.45, 7) is 0.195. The average molecular weight is 337 g/mol. The van der Waals surface area contributed by atoms with E-state index < -0.39 is 0 Å². The number of aliphatic hydroxyl groups is 1. The van der Waals surface area contributed by atoms with Gasteiger partial charge in [0.05, 0.1) is 18.4 Å². The molecule has 1 aromatic heterocycles. The van der Waals surface area contributed by atoms with Gasteiger partial charge in [0, 0.05) is 0 Å². The van der Waals surface area contributed by atoms with Crippen LogP contribution in [0.4, 0.5) is 5.69 Å². The molecule has 1 aliphatic heterocycles. The van der Waals surface area contributed by atoms with Crippen molar-refractivity contribution in [1.82, 2.24) is 4.98 Å². The van der Waals surface area contributed by atoms with Crippen molar-refractivity contribution in [3.8, 4) is 0 Å². The average Bonchev–Trinajstić information content (AvgIpc) is 2.47. The second-order valence-corrected chi connectivity index (χ2v) is 4.46. The van der Waals surface area contributed by atoms with Gasteiger partial charge in [0.15, 0.2) is 0 Å². The predicted molar refractivity (Wildman–Crippen MR) is 65.3 cm³/mol. The molecule has 0 radical (unpaired) electrons. The summed E-state index contributed by atoms with van der Waals surface area (Å²) in [6, 6.07) is 3.29. The Kier molecular flexibility index (Phi) is 2.83. The smallest absolute Gasteiger partial charge is 0.268 e. The van der Waals surface area contributed by atoms with E-state index in [-0.39, 0.29) is 18.2 Å². The number of halogens is 2. The van der Waals surface area contributed by atoms with Crippen LogP contribution >= 0.6 is 34.2 Å². The minimum absolute atomic E-state index is 0.0931. The molecule has 1 aliphatic rings. The number of anilines is 1. The molecular weight excluding hydrogens is 330 g/mol. The molecule has 0 bridgehead atoms. The first-order valence-electron chi connectivity index (χ1n) is 4.10. The van der Waals surface area contributed by atoms with E-state index >= 15 is 0 Å². The van der Waals surface area contributed by atoms with E-state index in [9.17, 15) is 9.90 Å². The number of carbonyl (C=O) groups excluding carboxylic acids is 1. The molecular formula is C9H6ClIN2O2. The third-order valence-electron chi connectivity index (χ3n) is 2.02. The fourth-order valence-electron chi connectivity index (χ4n) is 1.27. The second kappa shape index (κ2) is 3.97. The third-order valence-corrected chi connectivity index (χ3v) is 3.33. The zero-order valence-corrected chi connectivity index (χ0v) is 10.4. The van der Waals surface area contributed by atoms with Crippen molar-refractivity contribution in [2.24, 2.45) is 0 Å². The largest absolute Gasteiger partial charge is 0.509 e. The molecule has 1 amide bonds. The van der Waals surface area contributed by atoms with Crippen LogP contribution < -0.4 is 4.90 Å². The van der Waals surface area contributed by atoms with Crippen molar-refractivity contribution in [3.63, 3.8) is 0 Å². The maximum Gasteiger partial charge on any atom is 0.268 e. The summed E-state index contributed by atoms with van der Waals surface area (Å²) >= 11 is 7.46. The van der Waals surface area contributed by atoms with E-state index in [1.807, 2.05) is 22.6 Å². The fraction of sp³-hybridized carbons (Fsp3) is 0.111. The number of nitrogens with zero attached hydrogens (tertiary/aromatic N) is 2. The summed E-state index contributed by atoms with van der Waals surface area (Å²) in [5.41, 5.74) is 0.627. The van der Waals surface area contributed by atoms with Gasteiger partial charge in [0.2, 0.25) is 0 Å². The lowest BCUT2D eigenvalue weighted by atomic mass is 10.4. The SMILES string of the molecule is O=C1C(I)=C(O)CN1c1ccc(Cl)nc1. The van der Waals surface area contributed by atoms with Gasteiger partial charge in [0.1, 0.15) is 14.5 Å². The van der Waals surface area contributed by atoms with Crippen LogP contribution in [0, 0.1) is 0 Å².